The number of nitrogens with two attached hydrogens (primary N) is 2. The van der Waals surface area contributed by atoms with E-state index in [1.54, 1.807) is 0 Å². The molecular weight excluding hydrogens is 324 g/mol. The van der Waals surface area contributed by atoms with E-state index < -0.39 is 0 Å². The highest BCUT2D eigenvalue weighted by molar-refractivity contribution is 5.42. The summed E-state index contributed by atoms with van der Waals surface area (Å²) in [5.74, 6) is 1.79. The SMILES string of the molecule is CC(CCCCCCCCOc1ccc(N)cc1)Oc1ccc(N)cc1. The molecule has 0 radical (unpaired) electrons. The smallest absolute Gasteiger partial charge is 0.119 e. The Kier molecular flexibility index (Phi) is 8.67. The molecule has 0 spiro atoms. The lowest BCUT2D eigenvalue weighted by Crippen LogP contribution is -2.11. The van der Waals surface area contributed by atoms with E-state index in [0.29, 0.717) is 0 Å². The number of unbranched alkanes of at least 4 members (excludes halogenated alkanes) is 5. The molecule has 2 rings (SSSR count). The summed E-state index contributed by atoms with van der Waals surface area (Å²) >= 11 is 0. The van der Waals surface area contributed by atoms with Gasteiger partial charge in [0.15, 0.2) is 0 Å². The molecule has 1 unspecified atom stereocenters. The summed E-state index contributed by atoms with van der Waals surface area (Å²) in [6.45, 7) is 2.90. The van der Waals surface area contributed by atoms with Gasteiger partial charge >= 0.3 is 0 Å². The first-order valence-corrected chi connectivity index (χ1v) is 9.64. The molecule has 0 saturated heterocycles. The molecule has 0 heterocycles. The van der Waals surface area contributed by atoms with Gasteiger partial charge in [-0.2, -0.15) is 0 Å². The van der Waals surface area contributed by atoms with Crippen LogP contribution in [0.5, 0.6) is 11.5 Å². The summed E-state index contributed by atoms with van der Waals surface area (Å²) in [6, 6.07) is 15.2. The van der Waals surface area contributed by atoms with Gasteiger partial charge in [0.25, 0.3) is 0 Å². The Morgan fingerprint density at radius 2 is 1.19 bits per heavy atom. The van der Waals surface area contributed by atoms with E-state index in [9.17, 15) is 0 Å². The van der Waals surface area contributed by atoms with Gasteiger partial charge in [-0.3, -0.25) is 0 Å². The number of benzene rings is 2. The van der Waals surface area contributed by atoms with Crippen LogP contribution in [0.1, 0.15) is 51.9 Å². The topological polar surface area (TPSA) is 70.5 Å². The van der Waals surface area contributed by atoms with Gasteiger partial charge in [-0.1, -0.05) is 25.7 Å². The van der Waals surface area contributed by atoms with Crippen LogP contribution in [0.2, 0.25) is 0 Å². The molecule has 0 aliphatic heterocycles. The fourth-order valence-corrected chi connectivity index (χ4v) is 2.83. The number of anilines is 2. The van der Waals surface area contributed by atoms with Gasteiger partial charge in [0.2, 0.25) is 0 Å². The zero-order valence-corrected chi connectivity index (χ0v) is 15.8. The number of hydrogen-bond donors (Lipinski definition) is 2. The molecule has 0 aliphatic rings. The first-order valence-electron chi connectivity index (χ1n) is 9.64. The Labute approximate surface area is 157 Å². The molecule has 0 aromatic heterocycles. The Balaban J connectivity index is 1.43. The highest BCUT2D eigenvalue weighted by Gasteiger charge is 2.04. The highest BCUT2D eigenvalue weighted by atomic mass is 16.5. The van der Waals surface area contributed by atoms with E-state index in [1.807, 2.05) is 48.5 Å². The van der Waals surface area contributed by atoms with Crippen LogP contribution in [-0.2, 0) is 0 Å². The van der Waals surface area contributed by atoms with Crippen LogP contribution in [0.3, 0.4) is 0 Å². The molecule has 2 aromatic carbocycles. The lowest BCUT2D eigenvalue weighted by Gasteiger charge is -2.14. The Morgan fingerprint density at radius 3 is 1.81 bits per heavy atom. The van der Waals surface area contributed by atoms with Gasteiger partial charge < -0.3 is 20.9 Å². The summed E-state index contributed by atoms with van der Waals surface area (Å²) in [7, 11) is 0. The Hall–Kier alpha value is -2.36. The molecule has 4 N–H and O–H groups in total. The van der Waals surface area contributed by atoms with Gasteiger partial charge in [0.05, 0.1) is 12.7 Å². The zero-order valence-electron chi connectivity index (χ0n) is 15.8. The predicted molar refractivity (Wildman–Crippen MR) is 110 cm³/mol. The van der Waals surface area contributed by atoms with Gasteiger partial charge in [0.1, 0.15) is 11.5 Å². The number of ether oxygens (including phenoxy) is 2. The van der Waals surface area contributed by atoms with Crippen LogP contribution in [0.4, 0.5) is 11.4 Å². The second-order valence-electron chi connectivity index (χ2n) is 6.82. The summed E-state index contributed by atoms with van der Waals surface area (Å²) < 4.78 is 11.6. The molecule has 4 heteroatoms. The minimum atomic E-state index is 0.243. The third-order valence-corrected chi connectivity index (χ3v) is 4.37. The van der Waals surface area contributed by atoms with Crippen LogP contribution in [-0.4, -0.2) is 12.7 Å². The molecule has 4 nitrogen and oxygen atoms in total. The van der Waals surface area contributed by atoms with Crippen molar-refractivity contribution in [3.8, 4) is 11.5 Å². The van der Waals surface area contributed by atoms with E-state index in [2.05, 4.69) is 6.92 Å². The number of rotatable bonds is 12. The number of hydrogen-bond acceptors (Lipinski definition) is 4. The van der Waals surface area contributed by atoms with Crippen LogP contribution in [0.15, 0.2) is 48.5 Å². The van der Waals surface area contributed by atoms with E-state index in [1.165, 1.54) is 32.1 Å². The third kappa shape index (κ3) is 8.15. The first-order chi connectivity index (χ1) is 12.6. The van der Waals surface area contributed by atoms with Crippen LogP contribution < -0.4 is 20.9 Å². The molecular formula is C22H32N2O2. The monoisotopic (exact) mass is 356 g/mol. The zero-order chi connectivity index (χ0) is 18.6. The lowest BCUT2D eigenvalue weighted by atomic mass is 10.1. The largest absolute Gasteiger partial charge is 0.494 e. The molecule has 2 aromatic rings. The number of nitrogen functional groups attached to an aromatic ring is 2. The second-order valence-corrected chi connectivity index (χ2v) is 6.82. The summed E-state index contributed by atoms with van der Waals surface area (Å²) in [4.78, 5) is 0. The van der Waals surface area contributed by atoms with Crippen molar-refractivity contribution in [2.24, 2.45) is 0 Å². The van der Waals surface area contributed by atoms with Gasteiger partial charge in [0, 0.05) is 11.4 Å². The van der Waals surface area contributed by atoms with Crippen molar-refractivity contribution >= 4 is 11.4 Å². The third-order valence-electron chi connectivity index (χ3n) is 4.37. The molecule has 0 fully saturated rings. The molecule has 26 heavy (non-hydrogen) atoms. The molecule has 0 bridgehead atoms. The van der Waals surface area contributed by atoms with Crippen LogP contribution >= 0.6 is 0 Å². The van der Waals surface area contributed by atoms with Gasteiger partial charge in [-0.25, -0.2) is 0 Å². The summed E-state index contributed by atoms with van der Waals surface area (Å²) in [5, 5.41) is 0. The average molecular weight is 357 g/mol. The van der Waals surface area contributed by atoms with Crippen molar-refractivity contribution in [1.29, 1.82) is 0 Å². The minimum Gasteiger partial charge on any atom is -0.494 e. The predicted octanol–water partition coefficient (Wildman–Crippen LogP) is 5.43. The minimum absolute atomic E-state index is 0.243. The maximum Gasteiger partial charge on any atom is 0.119 e. The fraction of sp³-hybridized carbons (Fsp3) is 0.455. The van der Waals surface area contributed by atoms with Crippen molar-refractivity contribution in [3.63, 3.8) is 0 Å². The van der Waals surface area contributed by atoms with Crippen molar-refractivity contribution < 1.29 is 9.47 Å². The Morgan fingerprint density at radius 1 is 0.692 bits per heavy atom. The molecule has 0 saturated carbocycles. The van der Waals surface area contributed by atoms with Crippen molar-refractivity contribution in [3.05, 3.63) is 48.5 Å². The quantitative estimate of drug-likeness (QED) is 0.393. The van der Waals surface area contributed by atoms with E-state index in [0.717, 1.165) is 42.3 Å². The van der Waals surface area contributed by atoms with E-state index >= 15 is 0 Å². The average Bonchev–Trinajstić information content (AvgIpc) is 2.64. The molecule has 1 atom stereocenters. The molecule has 0 aliphatic carbocycles. The first kappa shape index (κ1) is 20.0. The summed E-state index contributed by atoms with van der Waals surface area (Å²) in [5.41, 5.74) is 12.9. The van der Waals surface area contributed by atoms with Crippen LogP contribution in [0, 0.1) is 0 Å². The van der Waals surface area contributed by atoms with Gasteiger partial charge in [-0.15, -0.1) is 0 Å². The van der Waals surface area contributed by atoms with Crippen molar-refractivity contribution in [2.45, 2.75) is 58.0 Å². The molecule has 142 valence electrons. The maximum absolute atomic E-state index is 5.90. The maximum atomic E-state index is 5.90. The standard InChI is InChI=1S/C22H32N2O2/c1-18(26-22-15-11-20(24)12-16-22)8-6-4-2-3-5-7-17-25-21-13-9-19(23)10-14-21/h9-16,18H,2-8,17,23-24H2,1H3. The van der Waals surface area contributed by atoms with Crippen LogP contribution in [0.25, 0.3) is 0 Å². The highest BCUT2D eigenvalue weighted by Crippen LogP contribution is 2.18. The van der Waals surface area contributed by atoms with Gasteiger partial charge in [-0.05, 0) is 74.7 Å². The van der Waals surface area contributed by atoms with Crippen molar-refractivity contribution in [2.75, 3.05) is 18.1 Å². The second kappa shape index (κ2) is 11.3. The fourth-order valence-electron chi connectivity index (χ4n) is 2.83. The summed E-state index contributed by atoms with van der Waals surface area (Å²) in [6.07, 6.45) is 8.64. The van der Waals surface area contributed by atoms with Crippen molar-refractivity contribution in [1.82, 2.24) is 0 Å². The normalized spacial score (nSPS) is 11.9. The lowest BCUT2D eigenvalue weighted by molar-refractivity contribution is 0.206. The molecule has 0 amide bonds. The van der Waals surface area contributed by atoms with E-state index in [-0.39, 0.29) is 6.10 Å². The van der Waals surface area contributed by atoms with E-state index in [4.69, 9.17) is 20.9 Å². The Bertz CT molecular complexity index is 611.